The van der Waals surface area contributed by atoms with E-state index < -0.39 is 80.0 Å². The lowest BCUT2D eigenvalue weighted by atomic mass is 9.96. The minimum Gasteiger partial charge on any atom is -0.547 e. The van der Waals surface area contributed by atoms with E-state index in [-0.39, 0.29) is 13.0 Å². The predicted octanol–water partition coefficient (Wildman–Crippen LogP) is -3.86. The van der Waals surface area contributed by atoms with Crippen LogP contribution in [0, 0.1) is 0 Å². The number of nitrogens with zero attached hydrogens (tertiary/aromatic N) is 1. The van der Waals surface area contributed by atoms with Crippen LogP contribution in [0.3, 0.4) is 0 Å². The van der Waals surface area contributed by atoms with Gasteiger partial charge in [-0.1, -0.05) is 6.92 Å². The number of aliphatic carboxylic acids is 2. The summed E-state index contributed by atoms with van der Waals surface area (Å²) in [6.07, 6.45) is -7.91. The van der Waals surface area contributed by atoms with E-state index in [1.54, 1.807) is 21.1 Å². The highest BCUT2D eigenvalue weighted by Gasteiger charge is 2.38. The minimum atomic E-state index is -3.12. The van der Waals surface area contributed by atoms with Crippen molar-refractivity contribution in [1.29, 1.82) is 0 Å². The fourth-order valence-corrected chi connectivity index (χ4v) is 2.23. The van der Waals surface area contributed by atoms with Gasteiger partial charge in [-0.15, -0.1) is 0 Å². The summed E-state index contributed by atoms with van der Waals surface area (Å²) in [6.45, 7) is 0.107. The Balaban J connectivity index is 5.41. The third-order valence-electron chi connectivity index (χ3n) is 4.27. The van der Waals surface area contributed by atoms with E-state index in [2.05, 4.69) is 4.74 Å². The van der Waals surface area contributed by atoms with Crippen LogP contribution in [0.4, 0.5) is 0 Å². The topological polar surface area (TPSA) is 226 Å². The van der Waals surface area contributed by atoms with Crippen LogP contribution >= 0.6 is 0 Å². The molecule has 0 spiro atoms. The number of carbonyl (C=O) groups excluding carboxylic acids is 4. The molecule has 0 saturated heterocycles. The van der Waals surface area contributed by atoms with Gasteiger partial charge in [-0.25, -0.2) is 9.59 Å². The molecule has 0 aromatic rings. The maximum atomic E-state index is 12.4. The molecule has 35 heavy (non-hydrogen) atoms. The summed E-state index contributed by atoms with van der Waals surface area (Å²) in [5.74, 6) is -7.96. The molecule has 0 heterocycles. The largest absolute Gasteiger partial charge is 0.547 e. The molecule has 0 aliphatic carbocycles. The molecule has 4 unspecified atom stereocenters. The van der Waals surface area contributed by atoms with Crippen LogP contribution in [0.2, 0.25) is 0 Å². The van der Waals surface area contributed by atoms with Crippen molar-refractivity contribution >= 4 is 29.8 Å². The molecule has 0 aromatic carbocycles. The number of hydrogen-bond acceptors (Lipinski definition) is 13. The molecule has 0 amide bonds. The van der Waals surface area contributed by atoms with Crippen LogP contribution in [0.1, 0.15) is 26.2 Å². The van der Waals surface area contributed by atoms with E-state index in [0.29, 0.717) is 11.0 Å². The lowest BCUT2D eigenvalue weighted by Gasteiger charge is -2.28. The molecule has 202 valence electrons. The van der Waals surface area contributed by atoms with E-state index in [4.69, 9.17) is 29.5 Å². The first-order chi connectivity index (χ1) is 16.0. The summed E-state index contributed by atoms with van der Waals surface area (Å²) < 4.78 is 19.6. The van der Waals surface area contributed by atoms with Crippen molar-refractivity contribution in [2.24, 2.45) is 0 Å². The van der Waals surface area contributed by atoms with Gasteiger partial charge in [0, 0.05) is 0 Å². The fourth-order valence-electron chi connectivity index (χ4n) is 2.23. The molecule has 0 saturated carbocycles. The molecule has 4 N–H and O–H groups in total. The van der Waals surface area contributed by atoms with Gasteiger partial charge >= 0.3 is 30.2 Å². The Morgan fingerprint density at radius 1 is 1.03 bits per heavy atom. The standard InChI is InChI=1S/C20H33NO14/c1-5-13(16(26)27)34-17(28)18(32-7-6-21(2,3)4)35-15(25)9-20(31,19(29)30)8-14(24)33-11-12(23)10-22/h12-13,18,22-23,31H,5-11H2,1-4H3,(H-,26,27,29,30). The Kier molecular flexibility index (Phi) is 13.3. The van der Waals surface area contributed by atoms with Gasteiger partial charge in [0.2, 0.25) is 0 Å². The van der Waals surface area contributed by atoms with Crippen molar-refractivity contribution in [3.8, 4) is 0 Å². The molecular formula is C20H33NO14. The Bertz CT molecular complexity index is 749. The number of carboxylic acid groups (broad SMARTS) is 2. The molecule has 0 radical (unpaired) electrons. The number of quaternary nitrogens is 1. The maximum Gasteiger partial charge on any atom is 0.377 e. The van der Waals surface area contributed by atoms with Crippen molar-refractivity contribution in [2.75, 3.05) is 47.5 Å². The van der Waals surface area contributed by atoms with Gasteiger partial charge in [0.1, 0.15) is 31.5 Å². The SMILES string of the molecule is CCC(OC(=O)C(OCC[N+](C)(C)C)OC(=O)CC(O)(CC(=O)OCC(O)CO)C(=O)[O-])C(=O)O. The van der Waals surface area contributed by atoms with Crippen molar-refractivity contribution in [1.82, 2.24) is 0 Å². The van der Waals surface area contributed by atoms with Gasteiger partial charge in [-0.3, -0.25) is 9.59 Å². The molecule has 0 bridgehead atoms. The zero-order valence-electron chi connectivity index (χ0n) is 20.0. The molecule has 15 nitrogen and oxygen atoms in total. The first kappa shape index (κ1) is 32.1. The molecule has 0 fully saturated rings. The number of rotatable bonds is 17. The highest BCUT2D eigenvalue weighted by atomic mass is 16.7. The fraction of sp³-hybridized carbons (Fsp3) is 0.750. The predicted molar refractivity (Wildman–Crippen MR) is 110 cm³/mol. The average Bonchev–Trinajstić information content (AvgIpc) is 2.73. The molecule has 0 aliphatic rings. The molecular weight excluding hydrogens is 478 g/mol. The smallest absolute Gasteiger partial charge is 0.377 e. The van der Waals surface area contributed by atoms with Crippen molar-refractivity contribution in [3.05, 3.63) is 0 Å². The number of hydrogen-bond donors (Lipinski definition) is 4. The lowest BCUT2D eigenvalue weighted by Crippen LogP contribution is -2.52. The first-order valence-corrected chi connectivity index (χ1v) is 10.5. The molecule has 0 aromatic heterocycles. The number of ether oxygens (including phenoxy) is 4. The normalized spacial score (nSPS) is 15.7. The third-order valence-corrected chi connectivity index (χ3v) is 4.27. The van der Waals surface area contributed by atoms with Gasteiger partial charge in [0.25, 0.3) is 0 Å². The van der Waals surface area contributed by atoms with E-state index in [9.17, 15) is 34.2 Å². The summed E-state index contributed by atoms with van der Waals surface area (Å²) >= 11 is 0. The number of aliphatic hydroxyl groups excluding tert-OH is 2. The molecule has 15 heteroatoms. The van der Waals surface area contributed by atoms with Crippen molar-refractivity contribution < 1.29 is 72.9 Å². The van der Waals surface area contributed by atoms with E-state index in [1.807, 2.05) is 0 Å². The number of carboxylic acids is 2. The molecule has 4 atom stereocenters. The van der Waals surface area contributed by atoms with Crippen LogP contribution in [0.5, 0.6) is 0 Å². The van der Waals surface area contributed by atoms with E-state index >= 15 is 0 Å². The van der Waals surface area contributed by atoms with Crippen LogP contribution in [-0.4, -0.2) is 126 Å². The summed E-state index contributed by atoms with van der Waals surface area (Å²) in [7, 11) is 5.37. The Labute approximate surface area is 201 Å². The van der Waals surface area contributed by atoms with Gasteiger partial charge in [0.15, 0.2) is 6.10 Å². The first-order valence-electron chi connectivity index (χ1n) is 10.5. The maximum absolute atomic E-state index is 12.4. The zero-order valence-corrected chi connectivity index (χ0v) is 20.0. The van der Waals surface area contributed by atoms with Crippen LogP contribution < -0.4 is 5.11 Å². The highest BCUT2D eigenvalue weighted by molar-refractivity contribution is 5.89. The highest BCUT2D eigenvalue weighted by Crippen LogP contribution is 2.18. The van der Waals surface area contributed by atoms with Crippen LogP contribution in [0.15, 0.2) is 0 Å². The van der Waals surface area contributed by atoms with E-state index in [0.717, 1.165) is 0 Å². The van der Waals surface area contributed by atoms with Crippen LogP contribution in [-0.2, 0) is 42.9 Å². The van der Waals surface area contributed by atoms with Crippen LogP contribution in [0.25, 0.3) is 0 Å². The Morgan fingerprint density at radius 3 is 2.06 bits per heavy atom. The third kappa shape index (κ3) is 13.0. The monoisotopic (exact) mass is 511 g/mol. The second kappa shape index (κ2) is 14.5. The number of carbonyl (C=O) groups is 5. The average molecular weight is 511 g/mol. The van der Waals surface area contributed by atoms with Gasteiger partial charge in [-0.05, 0) is 6.42 Å². The van der Waals surface area contributed by atoms with Crippen molar-refractivity contribution in [2.45, 2.75) is 50.3 Å². The summed E-state index contributed by atoms with van der Waals surface area (Å²) in [5, 5.41) is 48.5. The summed E-state index contributed by atoms with van der Waals surface area (Å²) in [5.41, 5.74) is -3.12. The van der Waals surface area contributed by atoms with E-state index in [1.165, 1.54) is 6.92 Å². The molecule has 0 rings (SSSR count). The van der Waals surface area contributed by atoms with Crippen molar-refractivity contribution in [3.63, 3.8) is 0 Å². The number of aliphatic hydroxyl groups is 3. The summed E-state index contributed by atoms with van der Waals surface area (Å²) in [4.78, 5) is 59.0. The zero-order chi connectivity index (χ0) is 27.4. The van der Waals surface area contributed by atoms with Gasteiger partial charge < -0.3 is 53.8 Å². The Hall–Kier alpha value is -2.85. The van der Waals surface area contributed by atoms with Gasteiger partial charge in [0.05, 0.1) is 46.6 Å². The molecule has 0 aliphatic heterocycles. The quantitative estimate of drug-likeness (QED) is 0.0634. The number of esters is 3. The summed E-state index contributed by atoms with van der Waals surface area (Å²) in [6, 6.07) is 0. The second-order valence-corrected chi connectivity index (χ2v) is 8.57. The minimum absolute atomic E-state index is 0.113. The second-order valence-electron chi connectivity index (χ2n) is 8.57. The Morgan fingerprint density at radius 2 is 1.60 bits per heavy atom. The number of likely N-dealkylation sites (N-methyl/N-ethyl adjacent to an activating group) is 1. The van der Waals surface area contributed by atoms with Gasteiger partial charge in [-0.2, -0.15) is 0 Å². The lowest BCUT2D eigenvalue weighted by molar-refractivity contribution is -0.870.